The average molecular weight is 323 g/mol. The number of benzene rings is 2. The molecule has 0 fully saturated rings. The molecule has 0 N–H and O–H groups in total. The zero-order chi connectivity index (χ0) is 16.6. The summed E-state index contributed by atoms with van der Waals surface area (Å²) >= 11 is 0. The summed E-state index contributed by atoms with van der Waals surface area (Å²) in [5, 5.41) is 1.21. The fraction of sp³-hybridized carbons (Fsp3) is 0.0526. The van der Waals surface area contributed by atoms with Crippen molar-refractivity contribution in [3.63, 3.8) is 0 Å². The maximum atomic E-state index is 13.0. The largest absolute Gasteiger partial charge is 0.389 e. The Bertz CT molecular complexity index is 1050. The van der Waals surface area contributed by atoms with Gasteiger partial charge in [-0.15, -0.1) is 29.3 Å². The number of rotatable bonds is 3. The second-order valence-corrected chi connectivity index (χ2v) is 7.28. The zero-order valence-electron chi connectivity index (χ0n) is 12.9. The highest BCUT2D eigenvalue weighted by atomic mass is 32.2. The first kappa shape index (κ1) is 15.3. The van der Waals surface area contributed by atoms with Gasteiger partial charge in [0.15, 0.2) is 5.69 Å². The Kier molecular flexibility index (Phi) is 3.70. The van der Waals surface area contributed by atoms with Crippen molar-refractivity contribution in [2.45, 2.75) is 11.8 Å². The van der Waals surface area contributed by atoms with E-state index in [9.17, 15) is 8.42 Å². The van der Waals surface area contributed by atoms with Crippen LogP contribution in [0, 0.1) is 6.92 Å². The molecule has 0 saturated carbocycles. The molecule has 0 radical (unpaired) electrons. The number of aryl methyl sites for hydroxylation is 1. The van der Waals surface area contributed by atoms with E-state index in [4.69, 9.17) is 0 Å². The second-order valence-electron chi connectivity index (χ2n) is 5.46. The summed E-state index contributed by atoms with van der Waals surface area (Å²) in [4.78, 5) is 0.246. The topological polar surface area (TPSA) is 38.0 Å². The van der Waals surface area contributed by atoms with Gasteiger partial charge < -0.3 is 0 Å². The summed E-state index contributed by atoms with van der Waals surface area (Å²) in [6.45, 7) is 9.81. The van der Waals surface area contributed by atoms with Gasteiger partial charge >= 0.3 is 10.0 Å². The van der Waals surface area contributed by atoms with Gasteiger partial charge in [-0.3, -0.25) is 0 Å². The molecule has 0 aliphatic carbocycles. The first-order valence-corrected chi connectivity index (χ1v) is 8.62. The van der Waals surface area contributed by atoms with Crippen LogP contribution in [0.2, 0.25) is 0 Å². The van der Waals surface area contributed by atoms with Crippen molar-refractivity contribution in [1.29, 1.82) is 0 Å². The molecule has 1 heterocycles. The molecule has 0 saturated heterocycles. The highest BCUT2D eigenvalue weighted by Gasteiger charge is 2.27. The molecule has 4 heteroatoms. The Morgan fingerprint density at radius 3 is 2.17 bits per heavy atom. The molecule has 0 aliphatic heterocycles. The summed E-state index contributed by atoms with van der Waals surface area (Å²) in [6, 6.07) is 16.2. The van der Waals surface area contributed by atoms with Gasteiger partial charge in [-0.2, -0.15) is 8.42 Å². The first-order chi connectivity index (χ1) is 10.9. The monoisotopic (exact) mass is 323 g/mol. The van der Waals surface area contributed by atoms with Crippen molar-refractivity contribution in [3.05, 3.63) is 76.8 Å². The molecule has 0 spiro atoms. The van der Waals surface area contributed by atoms with Gasteiger partial charge in [-0.1, -0.05) is 35.9 Å². The maximum Gasteiger partial charge on any atom is 0.389 e. The standard InChI is InChI=1S/C19H17NO2S/c1-14-9-11-18(12-10-14)23(21,22)20-13-15(2)16(3)19(20)17-7-5-4-6-8-17/h4-13H,2-3H2,1H3. The van der Waals surface area contributed by atoms with E-state index in [1.165, 1.54) is 10.2 Å². The van der Waals surface area contributed by atoms with Crippen LogP contribution in [0.5, 0.6) is 0 Å². The molecule has 0 unspecified atom stereocenters. The van der Waals surface area contributed by atoms with Crippen LogP contribution >= 0.6 is 0 Å². The quantitative estimate of drug-likeness (QED) is 0.544. The molecule has 23 heavy (non-hydrogen) atoms. The Balaban J connectivity index is 2.29. The lowest BCUT2D eigenvalue weighted by atomic mass is 10.1. The third kappa shape index (κ3) is 2.62. The lowest BCUT2D eigenvalue weighted by molar-refractivity contribution is -0.496. The molecule has 0 aliphatic rings. The summed E-state index contributed by atoms with van der Waals surface area (Å²) in [6.07, 6.45) is 1.53. The van der Waals surface area contributed by atoms with Crippen molar-refractivity contribution < 1.29 is 12.4 Å². The van der Waals surface area contributed by atoms with Gasteiger partial charge in [0.25, 0.3) is 0 Å². The van der Waals surface area contributed by atoms with Crippen LogP contribution in [0.25, 0.3) is 24.4 Å². The number of nitrogens with zero attached hydrogens (tertiary/aromatic N) is 1. The molecule has 2 aromatic carbocycles. The molecule has 3 aromatic rings. The van der Waals surface area contributed by atoms with Crippen molar-refractivity contribution in [1.82, 2.24) is 0 Å². The normalized spacial score (nSPS) is 11.5. The zero-order valence-corrected chi connectivity index (χ0v) is 13.7. The number of aromatic nitrogens is 1. The van der Waals surface area contributed by atoms with E-state index in [2.05, 4.69) is 13.2 Å². The Hall–Kier alpha value is -2.59. The van der Waals surface area contributed by atoms with E-state index in [1.54, 1.807) is 24.3 Å². The Labute approximate surface area is 135 Å². The van der Waals surface area contributed by atoms with Gasteiger partial charge in [0, 0.05) is 0 Å². The summed E-state index contributed by atoms with van der Waals surface area (Å²) < 4.78 is 27.3. The van der Waals surface area contributed by atoms with Crippen LogP contribution in [0.15, 0.2) is 65.7 Å². The second kappa shape index (κ2) is 5.56. The van der Waals surface area contributed by atoms with E-state index in [1.807, 2.05) is 37.3 Å². The summed E-state index contributed by atoms with van der Waals surface area (Å²) in [7, 11) is -3.70. The molecular weight excluding hydrogens is 306 g/mol. The Morgan fingerprint density at radius 2 is 1.57 bits per heavy atom. The molecule has 3 rings (SSSR count). The first-order valence-electron chi connectivity index (χ1n) is 7.18. The van der Waals surface area contributed by atoms with Crippen LogP contribution in [0.4, 0.5) is 0 Å². The SMILES string of the molecule is C=c1c[n+](S(=O)(=O)c2ccc(C)cc2)[c-](-c2ccccc2)c1=C. The molecule has 3 nitrogen and oxygen atoms in total. The predicted molar refractivity (Wildman–Crippen MR) is 91.7 cm³/mol. The predicted octanol–water partition coefficient (Wildman–Crippen LogP) is 1.73. The van der Waals surface area contributed by atoms with E-state index >= 15 is 0 Å². The molecular formula is C19H17NO2S. The average Bonchev–Trinajstić information content (AvgIpc) is 2.85. The Morgan fingerprint density at radius 1 is 0.957 bits per heavy atom. The highest BCUT2D eigenvalue weighted by Crippen LogP contribution is 2.15. The van der Waals surface area contributed by atoms with E-state index in [-0.39, 0.29) is 4.90 Å². The van der Waals surface area contributed by atoms with Crippen molar-refractivity contribution in [2.24, 2.45) is 0 Å². The van der Waals surface area contributed by atoms with E-state index in [0.717, 1.165) is 11.1 Å². The molecule has 0 atom stereocenters. The van der Waals surface area contributed by atoms with Gasteiger partial charge in [-0.05, 0) is 35.1 Å². The molecule has 1 aromatic heterocycles. The molecule has 116 valence electrons. The minimum atomic E-state index is -3.70. The van der Waals surface area contributed by atoms with Crippen molar-refractivity contribution >= 4 is 23.2 Å². The summed E-state index contributed by atoms with van der Waals surface area (Å²) in [5.74, 6) is 0. The van der Waals surface area contributed by atoms with E-state index < -0.39 is 10.0 Å². The molecule has 0 amide bonds. The van der Waals surface area contributed by atoms with Gasteiger partial charge in [0.2, 0.25) is 0 Å². The lowest BCUT2D eigenvalue weighted by Crippen LogP contribution is -2.44. The fourth-order valence-electron chi connectivity index (χ4n) is 2.48. The van der Waals surface area contributed by atoms with Crippen LogP contribution in [-0.4, -0.2) is 8.42 Å². The number of hydrogen-bond donors (Lipinski definition) is 0. The third-order valence-electron chi connectivity index (χ3n) is 3.79. The minimum absolute atomic E-state index is 0.246. The highest BCUT2D eigenvalue weighted by molar-refractivity contribution is 7.85. The maximum absolute atomic E-state index is 13.0. The van der Waals surface area contributed by atoms with Gasteiger partial charge in [0.1, 0.15) is 11.1 Å². The van der Waals surface area contributed by atoms with Crippen molar-refractivity contribution in [2.75, 3.05) is 0 Å². The van der Waals surface area contributed by atoms with Crippen LogP contribution in [-0.2, 0) is 10.0 Å². The van der Waals surface area contributed by atoms with Gasteiger partial charge in [0.05, 0.1) is 0 Å². The smallest absolute Gasteiger partial charge is 0.159 e. The number of hydrogen-bond acceptors (Lipinski definition) is 2. The molecule has 0 bridgehead atoms. The fourth-order valence-corrected chi connectivity index (χ4v) is 3.91. The van der Waals surface area contributed by atoms with Crippen LogP contribution in [0.1, 0.15) is 5.56 Å². The van der Waals surface area contributed by atoms with Crippen LogP contribution in [0.3, 0.4) is 0 Å². The van der Waals surface area contributed by atoms with Gasteiger partial charge in [-0.25, -0.2) is 0 Å². The van der Waals surface area contributed by atoms with Crippen LogP contribution < -0.4 is 14.4 Å². The van der Waals surface area contributed by atoms with E-state index in [0.29, 0.717) is 16.1 Å². The third-order valence-corrected chi connectivity index (χ3v) is 5.47. The van der Waals surface area contributed by atoms with Crippen molar-refractivity contribution in [3.8, 4) is 11.3 Å². The minimum Gasteiger partial charge on any atom is -0.159 e. The summed E-state index contributed by atoms with van der Waals surface area (Å²) in [5.41, 5.74) is 2.36. The lowest BCUT2D eigenvalue weighted by Gasteiger charge is -2.06.